The summed E-state index contributed by atoms with van der Waals surface area (Å²) in [5.74, 6) is 6.67. The molecule has 0 bridgehead atoms. The van der Waals surface area contributed by atoms with Gasteiger partial charge in [0.25, 0.3) is 0 Å². The molecule has 0 spiro atoms. The van der Waals surface area contributed by atoms with Gasteiger partial charge < -0.3 is 20.4 Å². The van der Waals surface area contributed by atoms with Crippen LogP contribution in [0, 0.1) is 0 Å². The summed E-state index contributed by atoms with van der Waals surface area (Å²) in [5, 5.41) is 44.8. The Morgan fingerprint density at radius 2 is 0.592 bits per heavy atom. The molecule has 1 aliphatic heterocycles. The van der Waals surface area contributed by atoms with E-state index in [9.17, 15) is 20.4 Å². The van der Waals surface area contributed by atoms with Crippen LogP contribution in [0.4, 0.5) is 0 Å². The molecule has 6 unspecified atom stereocenters. The van der Waals surface area contributed by atoms with Crippen LogP contribution in [0.2, 0.25) is 0 Å². The fraction of sp³-hybridized carbons (Fsp3) is 1.00. The molecule has 0 aromatic rings. The van der Waals surface area contributed by atoms with Crippen LogP contribution in [0.1, 0.15) is 259 Å². The SMILES string of the molecule is CCCCCCCCCCC(O)CN(CCSCCN1CC(CSC)N(CCSCCN(CC(O)CCCCCCCCCC)CC(O)CCCCCCCCCC)CC1CSC)CC(O)CCCCCCCCCC. The highest BCUT2D eigenvalue weighted by Crippen LogP contribution is 2.23. The van der Waals surface area contributed by atoms with Crippen LogP contribution in [0.25, 0.3) is 0 Å². The summed E-state index contributed by atoms with van der Waals surface area (Å²) >= 11 is 8.11. The van der Waals surface area contributed by atoms with Crippen LogP contribution in [0.15, 0.2) is 0 Å². The van der Waals surface area contributed by atoms with Crippen molar-refractivity contribution in [2.75, 3.05) is 112 Å². The Balaban J connectivity index is 2.72. The van der Waals surface area contributed by atoms with Crippen molar-refractivity contribution < 1.29 is 20.4 Å². The Labute approximate surface area is 491 Å². The molecular formula is C64H132N4O4S4. The van der Waals surface area contributed by atoms with E-state index in [2.05, 4.69) is 83.3 Å². The summed E-state index contributed by atoms with van der Waals surface area (Å²) in [4.78, 5) is 10.4. The van der Waals surface area contributed by atoms with Gasteiger partial charge in [0, 0.05) is 112 Å². The minimum absolute atomic E-state index is 0.313. The zero-order chi connectivity index (χ0) is 55.4. The Morgan fingerprint density at radius 1 is 0.355 bits per heavy atom. The number of thioether (sulfide) groups is 4. The third-order valence-electron chi connectivity index (χ3n) is 16.2. The Bertz CT molecular complexity index is 1030. The van der Waals surface area contributed by atoms with Crippen molar-refractivity contribution in [1.82, 2.24) is 19.6 Å². The van der Waals surface area contributed by atoms with Crippen LogP contribution in [0.3, 0.4) is 0 Å². The molecule has 12 heteroatoms. The number of piperazine rings is 1. The lowest BCUT2D eigenvalue weighted by Gasteiger charge is -2.46. The molecule has 0 aromatic heterocycles. The third kappa shape index (κ3) is 45.6. The van der Waals surface area contributed by atoms with Crippen LogP contribution in [-0.4, -0.2) is 189 Å². The lowest BCUT2D eigenvalue weighted by molar-refractivity contribution is 0.0555. The second-order valence-corrected chi connectivity index (χ2v) is 27.9. The molecule has 1 aliphatic rings. The highest BCUT2D eigenvalue weighted by molar-refractivity contribution is 7.99. The predicted octanol–water partition coefficient (Wildman–Crippen LogP) is 15.7. The van der Waals surface area contributed by atoms with Gasteiger partial charge >= 0.3 is 0 Å². The van der Waals surface area contributed by atoms with Crippen LogP contribution in [0.5, 0.6) is 0 Å². The predicted molar refractivity (Wildman–Crippen MR) is 348 cm³/mol. The summed E-state index contributed by atoms with van der Waals surface area (Å²) in [5.41, 5.74) is 0. The zero-order valence-corrected chi connectivity index (χ0v) is 54.7. The van der Waals surface area contributed by atoms with E-state index in [0.29, 0.717) is 38.3 Å². The number of hydrogen-bond donors (Lipinski definition) is 4. The summed E-state index contributed by atoms with van der Waals surface area (Å²) in [6.45, 7) is 18.2. The maximum absolute atomic E-state index is 11.2. The van der Waals surface area contributed by atoms with Gasteiger partial charge in [0.05, 0.1) is 24.4 Å². The first-order chi connectivity index (χ1) is 37.2. The molecule has 1 rings (SSSR count). The second-order valence-electron chi connectivity index (χ2n) is 23.6. The lowest BCUT2D eigenvalue weighted by atomic mass is 10.0. The molecule has 456 valence electrons. The molecule has 1 heterocycles. The van der Waals surface area contributed by atoms with Crippen LogP contribution >= 0.6 is 47.0 Å². The van der Waals surface area contributed by atoms with Gasteiger partial charge in [-0.05, 0) is 38.2 Å². The first-order valence-corrected chi connectivity index (χ1v) is 38.1. The molecule has 0 amide bonds. The van der Waals surface area contributed by atoms with Gasteiger partial charge in [-0.3, -0.25) is 19.6 Å². The monoisotopic (exact) mass is 1150 g/mol. The Hall–Kier alpha value is 1.08. The maximum Gasteiger partial charge on any atom is 0.0667 e. The number of aliphatic hydroxyl groups is 4. The summed E-state index contributed by atoms with van der Waals surface area (Å²) in [7, 11) is 0. The van der Waals surface area contributed by atoms with Crippen LogP contribution in [-0.2, 0) is 0 Å². The van der Waals surface area contributed by atoms with E-state index in [1.54, 1.807) is 0 Å². The molecule has 0 aliphatic carbocycles. The summed E-state index contributed by atoms with van der Waals surface area (Å²) in [6, 6.07) is 1.13. The number of rotatable bonds is 60. The number of nitrogens with zero attached hydrogens (tertiary/aromatic N) is 4. The molecule has 0 aromatic carbocycles. The van der Waals surface area contributed by atoms with Crippen LogP contribution < -0.4 is 0 Å². The molecule has 8 nitrogen and oxygen atoms in total. The lowest BCUT2D eigenvalue weighted by Crippen LogP contribution is -2.60. The van der Waals surface area contributed by atoms with Gasteiger partial charge in [-0.15, -0.1) is 0 Å². The van der Waals surface area contributed by atoms with E-state index < -0.39 is 0 Å². The van der Waals surface area contributed by atoms with Crippen molar-refractivity contribution in [2.45, 2.75) is 295 Å². The molecule has 76 heavy (non-hydrogen) atoms. The maximum atomic E-state index is 11.2. The van der Waals surface area contributed by atoms with Gasteiger partial charge in [0.1, 0.15) is 0 Å². The molecular weight excluding hydrogens is 1020 g/mol. The highest BCUT2D eigenvalue weighted by Gasteiger charge is 2.33. The average molecular weight is 1150 g/mol. The smallest absolute Gasteiger partial charge is 0.0667 e. The zero-order valence-electron chi connectivity index (χ0n) is 51.4. The van der Waals surface area contributed by atoms with Crippen molar-refractivity contribution in [3.63, 3.8) is 0 Å². The summed E-state index contributed by atoms with van der Waals surface area (Å²) in [6.07, 6.45) is 48.0. The largest absolute Gasteiger partial charge is 0.392 e. The van der Waals surface area contributed by atoms with Gasteiger partial charge in [0.15, 0.2) is 0 Å². The standard InChI is InChI=1S/C64H132N4O4S4/c1-7-11-15-19-23-27-31-35-39-61(69)53-65(54-62(70)40-36-32-28-24-20-16-12-8-2)43-47-75-49-45-67-51-60(58-74-6)68(52-59(67)57-73-5)46-50-76-48-44-66(55-63(71)41-37-33-29-25-21-17-13-9-3)56-64(72)42-38-34-30-26-22-18-14-10-4/h59-64,69-72H,7-58H2,1-6H3. The number of aliphatic hydroxyl groups excluding tert-OH is 4. The average Bonchev–Trinajstić information content (AvgIpc) is 3.40. The fourth-order valence-electron chi connectivity index (χ4n) is 11.4. The van der Waals surface area contributed by atoms with E-state index in [1.807, 2.05) is 23.5 Å². The quantitative estimate of drug-likeness (QED) is 0.0437. The van der Waals surface area contributed by atoms with Crippen molar-refractivity contribution >= 4 is 47.0 Å². The van der Waals surface area contributed by atoms with E-state index >= 15 is 0 Å². The molecule has 1 fully saturated rings. The van der Waals surface area contributed by atoms with Crippen molar-refractivity contribution in [3.8, 4) is 0 Å². The Morgan fingerprint density at radius 3 is 0.829 bits per heavy atom. The topological polar surface area (TPSA) is 93.9 Å². The highest BCUT2D eigenvalue weighted by atomic mass is 32.2. The van der Waals surface area contributed by atoms with E-state index in [4.69, 9.17) is 0 Å². The fourth-order valence-corrected chi connectivity index (χ4v) is 14.7. The minimum Gasteiger partial charge on any atom is -0.392 e. The van der Waals surface area contributed by atoms with Gasteiger partial charge in [-0.1, -0.05) is 233 Å². The second kappa shape index (κ2) is 56.6. The van der Waals surface area contributed by atoms with Gasteiger partial charge in [-0.25, -0.2) is 0 Å². The molecule has 1 saturated heterocycles. The van der Waals surface area contributed by atoms with Crippen molar-refractivity contribution in [1.29, 1.82) is 0 Å². The number of hydrogen-bond acceptors (Lipinski definition) is 12. The van der Waals surface area contributed by atoms with E-state index in [1.165, 1.54) is 191 Å². The molecule has 6 atom stereocenters. The first-order valence-electron chi connectivity index (χ1n) is 33.0. The first kappa shape index (κ1) is 75.1. The normalized spacial score (nSPS) is 17.4. The van der Waals surface area contributed by atoms with E-state index in [-0.39, 0.29) is 24.4 Å². The van der Waals surface area contributed by atoms with Crippen molar-refractivity contribution in [2.24, 2.45) is 0 Å². The minimum atomic E-state index is -0.313. The molecule has 0 saturated carbocycles. The van der Waals surface area contributed by atoms with Gasteiger partial charge in [-0.2, -0.15) is 47.0 Å². The molecule has 0 radical (unpaired) electrons. The third-order valence-corrected chi connectivity index (χ3v) is 19.6. The Kier molecular flexibility index (Phi) is 55.9. The van der Waals surface area contributed by atoms with E-state index in [0.717, 1.165) is 114 Å². The molecule has 4 N–H and O–H groups in total. The van der Waals surface area contributed by atoms with Gasteiger partial charge in [0.2, 0.25) is 0 Å². The summed E-state index contributed by atoms with van der Waals surface area (Å²) < 4.78 is 0. The van der Waals surface area contributed by atoms with Crippen molar-refractivity contribution in [3.05, 3.63) is 0 Å². The number of unbranched alkanes of at least 4 members (excludes halogenated alkanes) is 28.